The number of nitrogens with one attached hydrogen (secondary N) is 1. The largest absolute Gasteiger partial charge is 0.483 e. The monoisotopic (exact) mass is 239 g/mol. The molecular weight excluding hydrogens is 230 g/mol. The van der Waals surface area contributed by atoms with Gasteiger partial charge in [-0.3, -0.25) is 9.63 Å². The van der Waals surface area contributed by atoms with Crippen LogP contribution in [0.2, 0.25) is 0 Å². The molecule has 0 fully saturated rings. The molecule has 0 aliphatic rings. The van der Waals surface area contributed by atoms with Crippen molar-refractivity contribution in [2.75, 3.05) is 6.61 Å². The molecule has 0 unspecified atom stereocenters. The fraction of sp³-hybridized carbons (Fsp3) is 0.200. The quantitative estimate of drug-likeness (QED) is 0.756. The standard InChI is InChI=1S/C10H10ClN3O2/c11-14-10(15)6-16-9-3-7(4-12)1-2-8(9)5-13/h1-3H,5-6,13H2,(H,14,15). The van der Waals surface area contributed by atoms with E-state index in [1.807, 2.05) is 10.9 Å². The van der Waals surface area contributed by atoms with E-state index in [4.69, 9.17) is 27.5 Å². The number of nitrogens with two attached hydrogens (primary N) is 1. The summed E-state index contributed by atoms with van der Waals surface area (Å²) >= 11 is 5.09. The minimum Gasteiger partial charge on any atom is -0.483 e. The molecule has 16 heavy (non-hydrogen) atoms. The Bertz CT molecular complexity index is 429. The third-order valence-electron chi connectivity index (χ3n) is 1.88. The van der Waals surface area contributed by atoms with Gasteiger partial charge in [0.15, 0.2) is 6.61 Å². The first-order valence-electron chi connectivity index (χ1n) is 4.46. The summed E-state index contributed by atoms with van der Waals surface area (Å²) in [5.41, 5.74) is 6.66. The molecule has 0 bridgehead atoms. The average Bonchev–Trinajstić information content (AvgIpc) is 2.35. The molecular formula is C10H10ClN3O2. The van der Waals surface area contributed by atoms with Crippen LogP contribution in [-0.4, -0.2) is 12.5 Å². The molecule has 1 rings (SSSR count). The van der Waals surface area contributed by atoms with E-state index in [-0.39, 0.29) is 13.2 Å². The highest BCUT2D eigenvalue weighted by molar-refractivity contribution is 6.21. The van der Waals surface area contributed by atoms with Crippen molar-refractivity contribution in [3.8, 4) is 11.8 Å². The number of halogens is 1. The number of hydrogen-bond donors (Lipinski definition) is 2. The zero-order valence-electron chi connectivity index (χ0n) is 8.37. The van der Waals surface area contributed by atoms with Gasteiger partial charge in [0.25, 0.3) is 5.91 Å². The lowest BCUT2D eigenvalue weighted by Crippen LogP contribution is -2.21. The minimum atomic E-state index is -0.466. The Morgan fingerprint density at radius 3 is 2.94 bits per heavy atom. The van der Waals surface area contributed by atoms with Crippen LogP contribution in [-0.2, 0) is 11.3 Å². The van der Waals surface area contributed by atoms with Crippen LogP contribution in [0.4, 0.5) is 0 Å². The van der Waals surface area contributed by atoms with E-state index < -0.39 is 5.91 Å². The van der Waals surface area contributed by atoms with Crippen LogP contribution in [0.25, 0.3) is 0 Å². The molecule has 84 valence electrons. The smallest absolute Gasteiger partial charge is 0.272 e. The van der Waals surface area contributed by atoms with Gasteiger partial charge in [-0.1, -0.05) is 6.07 Å². The van der Waals surface area contributed by atoms with Crippen molar-refractivity contribution >= 4 is 17.7 Å². The lowest BCUT2D eigenvalue weighted by Gasteiger charge is -2.09. The maximum Gasteiger partial charge on any atom is 0.272 e. The van der Waals surface area contributed by atoms with Crippen LogP contribution in [0.15, 0.2) is 18.2 Å². The first-order chi connectivity index (χ1) is 7.71. The summed E-state index contributed by atoms with van der Waals surface area (Å²) in [6, 6.07) is 6.83. The van der Waals surface area contributed by atoms with Gasteiger partial charge in [0.05, 0.1) is 11.6 Å². The van der Waals surface area contributed by atoms with Crippen LogP contribution < -0.4 is 15.3 Å². The summed E-state index contributed by atoms with van der Waals surface area (Å²) < 4.78 is 5.20. The molecule has 0 saturated carbocycles. The predicted octanol–water partition coefficient (Wildman–Crippen LogP) is 0.666. The molecule has 3 N–H and O–H groups in total. The van der Waals surface area contributed by atoms with Gasteiger partial charge < -0.3 is 10.5 Å². The van der Waals surface area contributed by atoms with Gasteiger partial charge >= 0.3 is 0 Å². The van der Waals surface area contributed by atoms with E-state index in [1.165, 1.54) is 6.07 Å². The number of ether oxygens (including phenoxy) is 1. The fourth-order valence-corrected chi connectivity index (χ4v) is 1.15. The zero-order valence-corrected chi connectivity index (χ0v) is 9.12. The number of carbonyl (C=O) groups excluding carboxylic acids is 1. The highest BCUT2D eigenvalue weighted by Crippen LogP contribution is 2.19. The van der Waals surface area contributed by atoms with Crippen LogP contribution >= 0.6 is 11.8 Å². The molecule has 0 aliphatic carbocycles. The summed E-state index contributed by atoms with van der Waals surface area (Å²) in [7, 11) is 0. The van der Waals surface area contributed by atoms with Crippen LogP contribution in [0, 0.1) is 11.3 Å². The van der Waals surface area contributed by atoms with E-state index in [0.29, 0.717) is 11.3 Å². The minimum absolute atomic E-state index is 0.217. The zero-order chi connectivity index (χ0) is 12.0. The Balaban J connectivity index is 2.84. The number of hydrogen-bond acceptors (Lipinski definition) is 4. The third-order valence-corrected chi connectivity index (χ3v) is 2.09. The van der Waals surface area contributed by atoms with E-state index in [0.717, 1.165) is 5.56 Å². The maximum absolute atomic E-state index is 10.9. The molecule has 0 spiro atoms. The second kappa shape index (κ2) is 5.95. The summed E-state index contributed by atoms with van der Waals surface area (Å²) in [6.07, 6.45) is 0. The topological polar surface area (TPSA) is 88.1 Å². The van der Waals surface area contributed by atoms with Crippen molar-refractivity contribution < 1.29 is 9.53 Å². The van der Waals surface area contributed by atoms with Gasteiger partial charge in [-0.05, 0) is 12.1 Å². The van der Waals surface area contributed by atoms with Crippen molar-refractivity contribution in [1.29, 1.82) is 5.26 Å². The summed E-state index contributed by atoms with van der Waals surface area (Å²) in [5, 5.41) is 8.71. The molecule has 0 radical (unpaired) electrons. The van der Waals surface area contributed by atoms with Gasteiger partial charge in [0.2, 0.25) is 0 Å². The molecule has 1 amide bonds. The van der Waals surface area contributed by atoms with Crippen molar-refractivity contribution in [3.63, 3.8) is 0 Å². The van der Waals surface area contributed by atoms with E-state index in [9.17, 15) is 4.79 Å². The second-order valence-electron chi connectivity index (χ2n) is 2.94. The molecule has 0 aromatic heterocycles. The predicted molar refractivity (Wildman–Crippen MR) is 58.5 cm³/mol. The molecule has 1 aromatic carbocycles. The van der Waals surface area contributed by atoms with Gasteiger partial charge in [0.1, 0.15) is 5.75 Å². The number of carbonyl (C=O) groups is 1. The fourth-order valence-electron chi connectivity index (χ4n) is 1.10. The molecule has 1 aromatic rings. The Labute approximate surface area is 97.9 Å². The first-order valence-corrected chi connectivity index (χ1v) is 4.84. The number of benzene rings is 1. The van der Waals surface area contributed by atoms with E-state index in [1.54, 1.807) is 12.1 Å². The Morgan fingerprint density at radius 2 is 2.38 bits per heavy atom. The molecule has 0 saturated heterocycles. The maximum atomic E-state index is 10.9. The molecule has 0 atom stereocenters. The Morgan fingerprint density at radius 1 is 1.62 bits per heavy atom. The Kier molecular flexibility index (Phi) is 4.58. The average molecular weight is 240 g/mol. The van der Waals surface area contributed by atoms with Gasteiger partial charge in [-0.15, -0.1) is 0 Å². The van der Waals surface area contributed by atoms with E-state index in [2.05, 4.69) is 0 Å². The summed E-state index contributed by atoms with van der Waals surface area (Å²) in [5.74, 6) is -0.0474. The van der Waals surface area contributed by atoms with Gasteiger partial charge in [-0.2, -0.15) is 5.26 Å². The number of amides is 1. The second-order valence-corrected chi connectivity index (χ2v) is 3.13. The normalized spacial score (nSPS) is 9.31. The molecule has 5 nitrogen and oxygen atoms in total. The van der Waals surface area contributed by atoms with Crippen molar-refractivity contribution in [1.82, 2.24) is 4.84 Å². The van der Waals surface area contributed by atoms with Crippen molar-refractivity contribution in [2.24, 2.45) is 5.73 Å². The van der Waals surface area contributed by atoms with Crippen LogP contribution in [0.5, 0.6) is 5.75 Å². The summed E-state index contributed by atoms with van der Waals surface area (Å²) in [4.78, 5) is 12.8. The third kappa shape index (κ3) is 3.12. The van der Waals surface area contributed by atoms with Crippen LogP contribution in [0.3, 0.4) is 0 Å². The molecule has 0 heterocycles. The Hall–Kier alpha value is -1.77. The van der Waals surface area contributed by atoms with Crippen molar-refractivity contribution in [3.05, 3.63) is 29.3 Å². The van der Waals surface area contributed by atoms with Crippen molar-refractivity contribution in [2.45, 2.75) is 6.54 Å². The lowest BCUT2D eigenvalue weighted by atomic mass is 10.1. The lowest BCUT2D eigenvalue weighted by molar-refractivity contribution is -0.121. The first kappa shape index (κ1) is 12.3. The van der Waals surface area contributed by atoms with Gasteiger partial charge in [0, 0.05) is 23.9 Å². The number of nitrogens with zero attached hydrogens (tertiary/aromatic N) is 1. The molecule has 0 aliphatic heterocycles. The van der Waals surface area contributed by atoms with Crippen LogP contribution in [0.1, 0.15) is 11.1 Å². The van der Waals surface area contributed by atoms with E-state index >= 15 is 0 Å². The SMILES string of the molecule is N#Cc1ccc(CN)c(OCC(=O)NCl)c1. The highest BCUT2D eigenvalue weighted by atomic mass is 35.5. The molecule has 6 heteroatoms. The van der Waals surface area contributed by atoms with Gasteiger partial charge in [-0.25, -0.2) is 0 Å². The highest BCUT2D eigenvalue weighted by Gasteiger charge is 2.06. The number of nitriles is 1. The summed E-state index contributed by atoms with van der Waals surface area (Å²) in [6.45, 7) is 0.0505. The number of rotatable bonds is 4.